The van der Waals surface area contributed by atoms with Gasteiger partial charge in [-0.15, -0.1) is 0 Å². The molecule has 1 aliphatic rings. The Hall–Kier alpha value is -1.67. The number of ketones is 1. The Kier molecular flexibility index (Phi) is 4.07. The van der Waals surface area contributed by atoms with Crippen LogP contribution in [0.4, 0.5) is 0 Å². The molecule has 0 aromatic heterocycles. The number of fused-ring (bicyclic) bond motifs is 1. The summed E-state index contributed by atoms with van der Waals surface area (Å²) in [7, 11) is 2.00. The lowest BCUT2D eigenvalue weighted by Crippen LogP contribution is -2.46. The molecule has 1 saturated carbocycles. The number of Topliss-reactive ketones (excluding diaryl/α,β-unsaturated/α-hetero) is 1. The van der Waals surface area contributed by atoms with Crippen molar-refractivity contribution < 1.29 is 4.79 Å². The molecule has 0 radical (unpaired) electrons. The second-order valence-electron chi connectivity index (χ2n) is 6.22. The van der Waals surface area contributed by atoms with Crippen molar-refractivity contribution in [2.45, 2.75) is 44.1 Å². The summed E-state index contributed by atoms with van der Waals surface area (Å²) in [5.41, 5.74) is 0.875. The molecule has 0 amide bonds. The monoisotopic (exact) mass is 281 g/mol. The lowest BCUT2D eigenvalue weighted by Gasteiger charge is -2.36. The fourth-order valence-corrected chi connectivity index (χ4v) is 3.61. The Balaban J connectivity index is 1.90. The summed E-state index contributed by atoms with van der Waals surface area (Å²) < 4.78 is 0. The fraction of sp³-hybridized carbons (Fsp3) is 0.421. The van der Waals surface area contributed by atoms with Crippen LogP contribution in [0.3, 0.4) is 0 Å². The second kappa shape index (κ2) is 5.98. The lowest BCUT2D eigenvalue weighted by molar-refractivity contribution is 0.0916. The molecule has 21 heavy (non-hydrogen) atoms. The van der Waals surface area contributed by atoms with Gasteiger partial charge in [0.05, 0.1) is 0 Å². The van der Waals surface area contributed by atoms with Crippen molar-refractivity contribution in [3.05, 3.63) is 48.0 Å². The normalized spacial score (nSPS) is 17.8. The van der Waals surface area contributed by atoms with Crippen LogP contribution in [-0.2, 0) is 0 Å². The molecule has 1 fully saturated rings. The number of benzene rings is 2. The molecule has 0 bridgehead atoms. The molecule has 2 heteroatoms. The summed E-state index contributed by atoms with van der Waals surface area (Å²) in [4.78, 5) is 12.9. The zero-order valence-electron chi connectivity index (χ0n) is 12.7. The highest BCUT2D eigenvalue weighted by molar-refractivity contribution is 6.08. The van der Waals surface area contributed by atoms with Crippen LogP contribution >= 0.6 is 0 Å². The van der Waals surface area contributed by atoms with Gasteiger partial charge in [-0.05, 0) is 30.7 Å². The molecule has 0 unspecified atom stereocenters. The van der Waals surface area contributed by atoms with Gasteiger partial charge < -0.3 is 5.32 Å². The van der Waals surface area contributed by atoms with Crippen molar-refractivity contribution in [2.75, 3.05) is 7.05 Å². The molecule has 3 rings (SSSR count). The van der Waals surface area contributed by atoms with E-state index in [4.69, 9.17) is 0 Å². The van der Waals surface area contributed by atoms with Crippen molar-refractivity contribution in [2.24, 2.45) is 0 Å². The van der Waals surface area contributed by atoms with Gasteiger partial charge in [-0.2, -0.15) is 0 Å². The minimum absolute atomic E-state index is 0.00623. The molecule has 0 atom stereocenters. The Labute approximate surface area is 126 Å². The highest BCUT2D eigenvalue weighted by Crippen LogP contribution is 2.32. The Morgan fingerprint density at radius 2 is 1.76 bits per heavy atom. The van der Waals surface area contributed by atoms with Crippen molar-refractivity contribution >= 4 is 16.6 Å². The number of hydrogen-bond donors (Lipinski definition) is 1. The van der Waals surface area contributed by atoms with Crippen LogP contribution < -0.4 is 5.32 Å². The van der Waals surface area contributed by atoms with E-state index in [9.17, 15) is 4.79 Å². The van der Waals surface area contributed by atoms with Crippen LogP contribution in [0.5, 0.6) is 0 Å². The molecule has 2 nitrogen and oxygen atoms in total. The molecule has 2 aromatic rings. The average molecular weight is 281 g/mol. The van der Waals surface area contributed by atoms with Gasteiger partial charge in [0.2, 0.25) is 0 Å². The Morgan fingerprint density at radius 3 is 2.52 bits per heavy atom. The summed E-state index contributed by atoms with van der Waals surface area (Å²) in [6.45, 7) is 0. The first-order valence-electron chi connectivity index (χ1n) is 7.94. The van der Waals surface area contributed by atoms with E-state index in [1.807, 2.05) is 31.3 Å². The van der Waals surface area contributed by atoms with E-state index in [1.54, 1.807) is 0 Å². The maximum atomic E-state index is 12.9. The quantitative estimate of drug-likeness (QED) is 0.845. The number of rotatable bonds is 4. The van der Waals surface area contributed by atoms with Gasteiger partial charge in [-0.25, -0.2) is 0 Å². The molecular formula is C19H23NO. The van der Waals surface area contributed by atoms with Crippen molar-refractivity contribution in [3.8, 4) is 0 Å². The summed E-state index contributed by atoms with van der Waals surface area (Å²) in [5, 5.41) is 5.67. The molecular weight excluding hydrogens is 258 g/mol. The fourth-order valence-electron chi connectivity index (χ4n) is 3.61. The molecule has 0 heterocycles. The number of carbonyl (C=O) groups excluding carboxylic acids is 1. The van der Waals surface area contributed by atoms with Crippen LogP contribution in [0.15, 0.2) is 42.5 Å². The lowest BCUT2D eigenvalue weighted by atomic mass is 9.77. The summed E-state index contributed by atoms with van der Waals surface area (Å²) in [5.74, 6) is 0.267. The van der Waals surface area contributed by atoms with Crippen LogP contribution in [0.2, 0.25) is 0 Å². The Bertz CT molecular complexity index is 636. The van der Waals surface area contributed by atoms with Crippen LogP contribution in [0, 0.1) is 0 Å². The molecule has 110 valence electrons. The third-order valence-electron chi connectivity index (χ3n) is 4.93. The average Bonchev–Trinajstić information content (AvgIpc) is 2.55. The zero-order valence-corrected chi connectivity index (χ0v) is 12.7. The van der Waals surface area contributed by atoms with Gasteiger partial charge in [0.15, 0.2) is 5.78 Å². The molecule has 0 spiro atoms. The first-order chi connectivity index (χ1) is 10.2. The highest BCUT2D eigenvalue weighted by Gasteiger charge is 2.33. The molecule has 1 aliphatic carbocycles. The van der Waals surface area contributed by atoms with E-state index in [0.29, 0.717) is 6.42 Å². The third-order valence-corrected chi connectivity index (χ3v) is 4.93. The van der Waals surface area contributed by atoms with Gasteiger partial charge in [0, 0.05) is 17.5 Å². The van der Waals surface area contributed by atoms with Crippen LogP contribution in [0.1, 0.15) is 48.9 Å². The van der Waals surface area contributed by atoms with E-state index in [2.05, 4.69) is 23.5 Å². The summed E-state index contributed by atoms with van der Waals surface area (Å²) >= 11 is 0. The smallest absolute Gasteiger partial charge is 0.165 e. The number of nitrogens with one attached hydrogen (secondary N) is 1. The largest absolute Gasteiger partial charge is 0.314 e. The first kappa shape index (κ1) is 14.3. The maximum absolute atomic E-state index is 12.9. The minimum Gasteiger partial charge on any atom is -0.314 e. The second-order valence-corrected chi connectivity index (χ2v) is 6.22. The van der Waals surface area contributed by atoms with Crippen LogP contribution in [-0.4, -0.2) is 18.4 Å². The topological polar surface area (TPSA) is 29.1 Å². The number of carbonyl (C=O) groups is 1. The predicted molar refractivity (Wildman–Crippen MR) is 87.8 cm³/mol. The van der Waals surface area contributed by atoms with Gasteiger partial charge in [0.25, 0.3) is 0 Å². The van der Waals surface area contributed by atoms with Gasteiger partial charge in [-0.1, -0.05) is 61.7 Å². The van der Waals surface area contributed by atoms with E-state index >= 15 is 0 Å². The molecule has 1 N–H and O–H groups in total. The zero-order chi connectivity index (χ0) is 14.7. The standard InChI is InChI=1S/C19H23NO/c1-20-19(12-5-2-6-13-19)14-18(21)17-11-7-9-15-8-3-4-10-16(15)17/h3-4,7-11,20H,2,5-6,12-14H2,1H3. The summed E-state index contributed by atoms with van der Waals surface area (Å²) in [6, 6.07) is 14.2. The predicted octanol–water partition coefficient (Wildman–Crippen LogP) is 4.33. The summed E-state index contributed by atoms with van der Waals surface area (Å²) in [6.07, 6.45) is 6.58. The Morgan fingerprint density at radius 1 is 1.05 bits per heavy atom. The SMILES string of the molecule is CNC1(CC(=O)c2cccc3ccccc23)CCCCC1. The maximum Gasteiger partial charge on any atom is 0.165 e. The highest BCUT2D eigenvalue weighted by atomic mass is 16.1. The molecule has 0 aliphatic heterocycles. The minimum atomic E-state index is 0.00623. The third kappa shape index (κ3) is 2.86. The van der Waals surface area contributed by atoms with Crippen LogP contribution in [0.25, 0.3) is 10.8 Å². The van der Waals surface area contributed by atoms with Crippen molar-refractivity contribution in [1.82, 2.24) is 5.32 Å². The first-order valence-corrected chi connectivity index (χ1v) is 7.94. The number of hydrogen-bond acceptors (Lipinski definition) is 2. The molecule has 2 aromatic carbocycles. The van der Waals surface area contributed by atoms with Crippen molar-refractivity contribution in [3.63, 3.8) is 0 Å². The van der Waals surface area contributed by atoms with E-state index < -0.39 is 0 Å². The van der Waals surface area contributed by atoms with Crippen molar-refractivity contribution in [1.29, 1.82) is 0 Å². The van der Waals surface area contributed by atoms with Gasteiger partial charge in [-0.3, -0.25) is 4.79 Å². The van der Waals surface area contributed by atoms with E-state index in [1.165, 1.54) is 19.3 Å². The van der Waals surface area contributed by atoms with Gasteiger partial charge >= 0.3 is 0 Å². The van der Waals surface area contributed by atoms with E-state index in [-0.39, 0.29) is 11.3 Å². The van der Waals surface area contributed by atoms with E-state index in [0.717, 1.165) is 29.2 Å². The molecule has 0 saturated heterocycles. The van der Waals surface area contributed by atoms with Gasteiger partial charge in [0.1, 0.15) is 0 Å².